The van der Waals surface area contributed by atoms with E-state index in [0.29, 0.717) is 11.6 Å². The quantitative estimate of drug-likeness (QED) is 0.852. The van der Waals surface area contributed by atoms with Gasteiger partial charge in [-0.3, -0.25) is 4.79 Å². The zero-order chi connectivity index (χ0) is 16.2. The van der Waals surface area contributed by atoms with Gasteiger partial charge in [-0.25, -0.2) is 4.98 Å². The van der Waals surface area contributed by atoms with E-state index in [0.717, 1.165) is 12.1 Å². The highest BCUT2D eigenvalue weighted by Crippen LogP contribution is 2.28. The van der Waals surface area contributed by atoms with Crippen LogP contribution in [0.2, 0.25) is 0 Å². The van der Waals surface area contributed by atoms with Crippen molar-refractivity contribution in [1.29, 1.82) is 0 Å². The van der Waals surface area contributed by atoms with Gasteiger partial charge in [-0.2, -0.15) is 0 Å². The van der Waals surface area contributed by atoms with E-state index >= 15 is 0 Å². The Kier molecular flexibility index (Phi) is 5.19. The summed E-state index contributed by atoms with van der Waals surface area (Å²) in [6.07, 6.45) is 1.04. The van der Waals surface area contributed by atoms with Crippen molar-refractivity contribution in [3.63, 3.8) is 0 Å². The van der Waals surface area contributed by atoms with Crippen LogP contribution in [0, 0.1) is 0 Å². The van der Waals surface area contributed by atoms with Crippen LogP contribution in [0.4, 0.5) is 5.13 Å². The molecule has 0 aliphatic carbocycles. The monoisotopic (exact) mass is 318 g/mol. The number of nitrogens with two attached hydrogens (primary N) is 1. The van der Waals surface area contributed by atoms with Crippen LogP contribution in [0.1, 0.15) is 44.4 Å². The van der Waals surface area contributed by atoms with Crippen molar-refractivity contribution in [1.82, 2.24) is 4.98 Å². The van der Waals surface area contributed by atoms with Crippen molar-refractivity contribution in [3.8, 4) is 0 Å². The molecule has 4 nitrogen and oxygen atoms in total. The van der Waals surface area contributed by atoms with E-state index in [1.807, 2.05) is 44.4 Å². The van der Waals surface area contributed by atoms with E-state index in [-0.39, 0.29) is 11.9 Å². The van der Waals surface area contributed by atoms with Crippen molar-refractivity contribution in [2.24, 2.45) is 0 Å². The number of aromatic nitrogens is 1. The first-order valence-electron chi connectivity index (χ1n) is 7.30. The van der Waals surface area contributed by atoms with Gasteiger partial charge in [0.05, 0.1) is 12.1 Å². The van der Waals surface area contributed by atoms with Crippen LogP contribution >= 0.6 is 11.3 Å². The second-order valence-corrected chi connectivity index (χ2v) is 7.18. The first-order valence-corrected chi connectivity index (χ1v) is 8.18. The average Bonchev–Trinajstić information content (AvgIpc) is 2.84. The summed E-state index contributed by atoms with van der Waals surface area (Å²) < 4.78 is 5.44. The zero-order valence-corrected chi connectivity index (χ0v) is 14.0. The van der Waals surface area contributed by atoms with E-state index < -0.39 is 5.60 Å². The van der Waals surface area contributed by atoms with Crippen LogP contribution in [0.25, 0.3) is 0 Å². The number of thiazole rings is 1. The minimum absolute atomic E-state index is 0.0224. The second-order valence-electron chi connectivity index (χ2n) is 6.29. The third kappa shape index (κ3) is 5.15. The summed E-state index contributed by atoms with van der Waals surface area (Å²) in [5.41, 5.74) is 7.28. The number of ether oxygens (including phenoxy) is 1. The van der Waals surface area contributed by atoms with Gasteiger partial charge in [0.25, 0.3) is 0 Å². The summed E-state index contributed by atoms with van der Waals surface area (Å²) in [5, 5.41) is 2.45. The van der Waals surface area contributed by atoms with Gasteiger partial charge in [0.1, 0.15) is 5.60 Å². The Balaban J connectivity index is 2.13. The summed E-state index contributed by atoms with van der Waals surface area (Å²) in [7, 11) is 0. The Labute approximate surface area is 135 Å². The lowest BCUT2D eigenvalue weighted by atomic mass is 9.93. The van der Waals surface area contributed by atoms with Crippen LogP contribution in [0.3, 0.4) is 0 Å². The molecule has 0 unspecified atom stereocenters. The number of hydrogen-bond acceptors (Lipinski definition) is 5. The number of anilines is 1. The zero-order valence-electron chi connectivity index (χ0n) is 13.2. The molecule has 118 valence electrons. The molecule has 0 amide bonds. The molecule has 0 aliphatic rings. The highest BCUT2D eigenvalue weighted by molar-refractivity contribution is 7.13. The first-order chi connectivity index (χ1) is 10.3. The molecule has 5 heteroatoms. The third-order valence-electron chi connectivity index (χ3n) is 3.12. The maximum Gasteiger partial charge on any atom is 0.306 e. The maximum absolute atomic E-state index is 12.2. The molecule has 2 aromatic rings. The smallest absolute Gasteiger partial charge is 0.306 e. The first kappa shape index (κ1) is 16.5. The molecule has 22 heavy (non-hydrogen) atoms. The van der Waals surface area contributed by atoms with Gasteiger partial charge in [-0.05, 0) is 32.8 Å². The second kappa shape index (κ2) is 6.92. The topological polar surface area (TPSA) is 65.2 Å². The highest BCUT2D eigenvalue weighted by atomic mass is 32.1. The number of rotatable bonds is 5. The Morgan fingerprint density at radius 3 is 2.55 bits per heavy atom. The number of carbonyl (C=O) groups is 1. The number of carbonyl (C=O) groups excluding carboxylic acids is 1. The number of benzene rings is 1. The van der Waals surface area contributed by atoms with Crippen molar-refractivity contribution >= 4 is 22.4 Å². The standard InChI is InChI=1S/C17H22N2O2S/c1-17(2,3)21-15(20)10-13(14-11-22-16(18)19-14)9-12-7-5-4-6-8-12/h4-8,11,13H,9-10H2,1-3H3,(H2,18,19)/t13-/m0/s1. The summed E-state index contributed by atoms with van der Waals surface area (Å²) >= 11 is 1.40. The Bertz CT molecular complexity index is 617. The fourth-order valence-electron chi connectivity index (χ4n) is 2.25. The highest BCUT2D eigenvalue weighted by Gasteiger charge is 2.23. The van der Waals surface area contributed by atoms with Gasteiger partial charge >= 0.3 is 5.97 Å². The minimum Gasteiger partial charge on any atom is -0.460 e. The van der Waals surface area contributed by atoms with Crippen LogP contribution in [0.15, 0.2) is 35.7 Å². The van der Waals surface area contributed by atoms with Gasteiger partial charge in [0.15, 0.2) is 5.13 Å². The lowest BCUT2D eigenvalue weighted by Crippen LogP contribution is -2.25. The fraction of sp³-hybridized carbons (Fsp3) is 0.412. The largest absolute Gasteiger partial charge is 0.460 e. The Morgan fingerprint density at radius 1 is 1.32 bits per heavy atom. The fourth-order valence-corrected chi connectivity index (χ4v) is 2.90. The number of hydrogen-bond donors (Lipinski definition) is 1. The van der Waals surface area contributed by atoms with Crippen LogP contribution in [-0.2, 0) is 16.0 Å². The molecule has 1 heterocycles. The molecule has 0 radical (unpaired) electrons. The summed E-state index contributed by atoms with van der Waals surface area (Å²) in [5.74, 6) is -0.231. The maximum atomic E-state index is 12.2. The van der Waals surface area contributed by atoms with E-state index in [9.17, 15) is 4.79 Å². The Hall–Kier alpha value is -1.88. The predicted octanol–water partition coefficient (Wildman–Crippen LogP) is 3.78. The van der Waals surface area contributed by atoms with E-state index in [2.05, 4.69) is 17.1 Å². The van der Waals surface area contributed by atoms with E-state index in [1.54, 1.807) is 0 Å². The van der Waals surface area contributed by atoms with Crippen molar-refractivity contribution < 1.29 is 9.53 Å². The molecule has 1 aromatic heterocycles. The average molecular weight is 318 g/mol. The number of nitrogen functional groups attached to an aromatic ring is 1. The molecule has 0 saturated heterocycles. The van der Waals surface area contributed by atoms with Crippen LogP contribution < -0.4 is 5.73 Å². The van der Waals surface area contributed by atoms with Crippen LogP contribution in [-0.4, -0.2) is 16.6 Å². The van der Waals surface area contributed by atoms with E-state index in [4.69, 9.17) is 10.5 Å². The molecule has 0 aliphatic heterocycles. The molecule has 1 aromatic carbocycles. The molecule has 2 rings (SSSR count). The molecule has 0 bridgehead atoms. The SMILES string of the molecule is CC(C)(C)OC(=O)C[C@H](Cc1ccccc1)c1csc(N)n1. The normalized spacial score (nSPS) is 12.9. The molecule has 0 spiro atoms. The number of esters is 1. The van der Waals surface area contributed by atoms with Gasteiger partial charge in [-0.15, -0.1) is 11.3 Å². The third-order valence-corrected chi connectivity index (χ3v) is 3.81. The lowest BCUT2D eigenvalue weighted by molar-refractivity contribution is -0.155. The lowest BCUT2D eigenvalue weighted by Gasteiger charge is -2.21. The Morgan fingerprint density at radius 2 is 2.00 bits per heavy atom. The number of nitrogens with zero attached hydrogens (tertiary/aromatic N) is 1. The molecule has 0 fully saturated rings. The van der Waals surface area contributed by atoms with Gasteiger partial charge in [-0.1, -0.05) is 30.3 Å². The van der Waals surface area contributed by atoms with Crippen molar-refractivity contribution in [2.75, 3.05) is 5.73 Å². The molecular weight excluding hydrogens is 296 g/mol. The minimum atomic E-state index is -0.477. The van der Waals surface area contributed by atoms with Crippen molar-refractivity contribution in [2.45, 2.75) is 45.1 Å². The predicted molar refractivity (Wildman–Crippen MR) is 89.9 cm³/mol. The van der Waals surface area contributed by atoms with Gasteiger partial charge in [0.2, 0.25) is 0 Å². The molecular formula is C17H22N2O2S. The molecule has 1 atom stereocenters. The summed E-state index contributed by atoms with van der Waals surface area (Å²) in [6, 6.07) is 10.1. The van der Waals surface area contributed by atoms with Gasteiger partial charge < -0.3 is 10.5 Å². The van der Waals surface area contributed by atoms with E-state index in [1.165, 1.54) is 16.9 Å². The van der Waals surface area contributed by atoms with Crippen LogP contribution in [0.5, 0.6) is 0 Å². The molecule has 0 saturated carbocycles. The summed E-state index contributed by atoms with van der Waals surface area (Å²) in [4.78, 5) is 16.5. The summed E-state index contributed by atoms with van der Waals surface area (Å²) in [6.45, 7) is 5.62. The van der Waals surface area contributed by atoms with Crippen molar-refractivity contribution in [3.05, 3.63) is 47.0 Å². The van der Waals surface area contributed by atoms with Gasteiger partial charge in [0, 0.05) is 11.3 Å². The molecule has 2 N–H and O–H groups in total.